The molecule has 18 heavy (non-hydrogen) atoms. The number of hydrogen-bond donors (Lipinski definition) is 1. The first kappa shape index (κ1) is 15.2. The summed E-state index contributed by atoms with van der Waals surface area (Å²) in [5, 5.41) is 3.57. The zero-order chi connectivity index (χ0) is 13.6. The summed E-state index contributed by atoms with van der Waals surface area (Å²) < 4.78 is 2.24. The third-order valence-corrected chi connectivity index (χ3v) is 3.38. The van der Waals surface area contributed by atoms with Crippen molar-refractivity contribution in [3.8, 4) is 0 Å². The van der Waals surface area contributed by atoms with Gasteiger partial charge in [0.25, 0.3) is 0 Å². The van der Waals surface area contributed by atoms with Crippen LogP contribution >= 0.6 is 0 Å². The van der Waals surface area contributed by atoms with Gasteiger partial charge in [-0.2, -0.15) is 0 Å². The molecule has 0 bridgehead atoms. The Kier molecular flexibility index (Phi) is 5.86. The molecule has 0 fully saturated rings. The maximum Gasteiger partial charge on any atom is 0.109 e. The van der Waals surface area contributed by atoms with E-state index in [2.05, 4.69) is 55.7 Å². The van der Waals surface area contributed by atoms with Crippen LogP contribution in [0.25, 0.3) is 0 Å². The third kappa shape index (κ3) is 4.81. The fraction of sp³-hybridized carbons (Fsp3) is 0.800. The van der Waals surface area contributed by atoms with Gasteiger partial charge in [0.05, 0.1) is 0 Å². The van der Waals surface area contributed by atoms with Crippen LogP contribution in [0.4, 0.5) is 0 Å². The Morgan fingerprint density at radius 3 is 2.72 bits per heavy atom. The summed E-state index contributed by atoms with van der Waals surface area (Å²) in [6.07, 6.45) is 7.42. The molecule has 0 aliphatic heterocycles. The molecule has 1 unspecified atom stereocenters. The van der Waals surface area contributed by atoms with E-state index < -0.39 is 0 Å². The quantitative estimate of drug-likeness (QED) is 0.768. The van der Waals surface area contributed by atoms with Crippen molar-refractivity contribution >= 4 is 0 Å². The van der Waals surface area contributed by atoms with Crippen molar-refractivity contribution < 1.29 is 0 Å². The number of aryl methyl sites for hydroxylation is 1. The van der Waals surface area contributed by atoms with Crippen molar-refractivity contribution in [1.29, 1.82) is 0 Å². The predicted molar refractivity (Wildman–Crippen MR) is 77.8 cm³/mol. The zero-order valence-corrected chi connectivity index (χ0v) is 12.7. The number of aromatic nitrogens is 2. The lowest BCUT2D eigenvalue weighted by molar-refractivity contribution is 0.279. The van der Waals surface area contributed by atoms with Crippen LogP contribution in [0.2, 0.25) is 0 Å². The number of hydrogen-bond acceptors (Lipinski definition) is 2. The Hall–Kier alpha value is -0.830. The zero-order valence-electron chi connectivity index (χ0n) is 12.7. The van der Waals surface area contributed by atoms with Gasteiger partial charge in [-0.3, -0.25) is 0 Å². The monoisotopic (exact) mass is 251 g/mol. The van der Waals surface area contributed by atoms with E-state index in [1.165, 1.54) is 18.7 Å². The standard InChI is InChI=1S/C15H29N3/c1-6-8-16-13(3)11-15(4,5)12-14-17-9-10-18(14)7-2/h9-10,13,16H,6-8,11-12H2,1-5H3. The summed E-state index contributed by atoms with van der Waals surface area (Å²) >= 11 is 0. The van der Waals surface area contributed by atoms with Crippen LogP contribution in [0.5, 0.6) is 0 Å². The number of imidazole rings is 1. The van der Waals surface area contributed by atoms with Crippen LogP contribution in [-0.4, -0.2) is 22.1 Å². The van der Waals surface area contributed by atoms with Crippen LogP contribution in [0.1, 0.15) is 53.3 Å². The number of rotatable bonds is 8. The van der Waals surface area contributed by atoms with Crippen molar-refractivity contribution in [2.45, 2.75) is 66.5 Å². The molecule has 1 aromatic heterocycles. The minimum atomic E-state index is 0.290. The lowest BCUT2D eigenvalue weighted by Gasteiger charge is -2.28. The molecule has 1 atom stereocenters. The Balaban J connectivity index is 2.53. The minimum absolute atomic E-state index is 0.290. The molecule has 0 amide bonds. The van der Waals surface area contributed by atoms with Gasteiger partial charge in [0.1, 0.15) is 5.82 Å². The molecule has 0 aromatic carbocycles. The highest BCUT2D eigenvalue weighted by atomic mass is 15.1. The SMILES string of the molecule is CCCNC(C)CC(C)(C)Cc1nccn1CC. The van der Waals surface area contributed by atoms with E-state index in [-0.39, 0.29) is 0 Å². The van der Waals surface area contributed by atoms with Crippen LogP contribution in [0.3, 0.4) is 0 Å². The van der Waals surface area contributed by atoms with Crippen LogP contribution in [0.15, 0.2) is 12.4 Å². The average molecular weight is 251 g/mol. The summed E-state index contributed by atoms with van der Waals surface area (Å²) in [7, 11) is 0. The Morgan fingerprint density at radius 2 is 2.11 bits per heavy atom. The van der Waals surface area contributed by atoms with Gasteiger partial charge in [-0.25, -0.2) is 4.98 Å². The predicted octanol–water partition coefficient (Wildman–Crippen LogP) is 3.25. The van der Waals surface area contributed by atoms with Gasteiger partial charge in [-0.1, -0.05) is 20.8 Å². The van der Waals surface area contributed by atoms with Crippen LogP contribution < -0.4 is 5.32 Å². The maximum absolute atomic E-state index is 4.48. The summed E-state index contributed by atoms with van der Waals surface area (Å²) in [4.78, 5) is 4.48. The van der Waals surface area contributed by atoms with Crippen LogP contribution in [0, 0.1) is 5.41 Å². The molecule has 0 saturated carbocycles. The van der Waals surface area contributed by atoms with Gasteiger partial charge in [0.2, 0.25) is 0 Å². The second kappa shape index (κ2) is 6.93. The second-order valence-electron chi connectivity index (χ2n) is 6.03. The molecule has 1 heterocycles. The van der Waals surface area contributed by atoms with Gasteiger partial charge >= 0.3 is 0 Å². The highest BCUT2D eigenvalue weighted by Gasteiger charge is 2.23. The van der Waals surface area contributed by atoms with Crippen molar-refractivity contribution in [3.05, 3.63) is 18.2 Å². The summed E-state index contributed by atoms with van der Waals surface area (Å²) in [5.41, 5.74) is 0.290. The summed E-state index contributed by atoms with van der Waals surface area (Å²) in [6.45, 7) is 13.5. The van der Waals surface area contributed by atoms with E-state index in [0.29, 0.717) is 11.5 Å². The van der Waals surface area contributed by atoms with Crippen LogP contribution in [-0.2, 0) is 13.0 Å². The normalized spacial score (nSPS) is 13.8. The largest absolute Gasteiger partial charge is 0.335 e. The molecule has 0 aliphatic carbocycles. The maximum atomic E-state index is 4.48. The minimum Gasteiger partial charge on any atom is -0.335 e. The van der Waals surface area contributed by atoms with E-state index in [0.717, 1.165) is 19.5 Å². The first-order valence-electron chi connectivity index (χ1n) is 7.22. The first-order valence-corrected chi connectivity index (χ1v) is 7.22. The molecule has 1 rings (SSSR count). The van der Waals surface area contributed by atoms with Gasteiger partial charge in [-0.05, 0) is 38.6 Å². The summed E-state index contributed by atoms with van der Waals surface area (Å²) in [5.74, 6) is 1.21. The molecule has 0 spiro atoms. The first-order chi connectivity index (χ1) is 8.48. The van der Waals surface area contributed by atoms with Crippen molar-refractivity contribution in [1.82, 2.24) is 14.9 Å². The van der Waals surface area contributed by atoms with Crippen molar-refractivity contribution in [2.75, 3.05) is 6.54 Å². The second-order valence-corrected chi connectivity index (χ2v) is 6.03. The lowest BCUT2D eigenvalue weighted by atomic mass is 9.82. The fourth-order valence-electron chi connectivity index (χ4n) is 2.59. The van der Waals surface area contributed by atoms with Crippen molar-refractivity contribution in [2.24, 2.45) is 5.41 Å². The van der Waals surface area contributed by atoms with Gasteiger partial charge in [-0.15, -0.1) is 0 Å². The summed E-state index contributed by atoms with van der Waals surface area (Å²) in [6, 6.07) is 0.574. The molecule has 3 nitrogen and oxygen atoms in total. The smallest absolute Gasteiger partial charge is 0.109 e. The fourth-order valence-corrected chi connectivity index (χ4v) is 2.59. The lowest BCUT2D eigenvalue weighted by Crippen LogP contribution is -2.33. The van der Waals surface area contributed by atoms with E-state index in [4.69, 9.17) is 0 Å². The van der Waals surface area contributed by atoms with Gasteiger partial charge in [0, 0.05) is 31.4 Å². The Morgan fingerprint density at radius 1 is 1.39 bits per heavy atom. The molecule has 0 saturated heterocycles. The molecule has 3 heteroatoms. The number of nitrogens with one attached hydrogen (secondary N) is 1. The molecule has 0 radical (unpaired) electrons. The van der Waals surface area contributed by atoms with Crippen molar-refractivity contribution in [3.63, 3.8) is 0 Å². The van der Waals surface area contributed by atoms with E-state index in [1.807, 2.05) is 6.20 Å². The van der Waals surface area contributed by atoms with Gasteiger partial charge < -0.3 is 9.88 Å². The molecule has 104 valence electrons. The average Bonchev–Trinajstić information content (AvgIpc) is 2.72. The molecule has 0 aliphatic rings. The molecule has 1 aromatic rings. The van der Waals surface area contributed by atoms with Gasteiger partial charge in [0.15, 0.2) is 0 Å². The number of nitrogens with zero attached hydrogens (tertiary/aromatic N) is 2. The highest BCUT2D eigenvalue weighted by molar-refractivity contribution is 4.96. The van der Waals surface area contributed by atoms with E-state index >= 15 is 0 Å². The highest BCUT2D eigenvalue weighted by Crippen LogP contribution is 2.27. The van der Waals surface area contributed by atoms with E-state index in [1.54, 1.807) is 0 Å². The third-order valence-electron chi connectivity index (χ3n) is 3.38. The topological polar surface area (TPSA) is 29.9 Å². The Bertz CT molecular complexity index is 341. The Labute approximate surface area is 112 Å². The molecular weight excluding hydrogens is 222 g/mol. The molecular formula is C15H29N3. The molecule has 1 N–H and O–H groups in total. The van der Waals surface area contributed by atoms with E-state index in [9.17, 15) is 0 Å².